The predicted molar refractivity (Wildman–Crippen MR) is 138 cm³/mol. The van der Waals surface area contributed by atoms with Crippen molar-refractivity contribution >= 4 is 0 Å². The molecular weight excluding hydrogens is 408 g/mol. The van der Waals surface area contributed by atoms with E-state index < -0.39 is 0 Å². The number of rotatable bonds is 14. The molecular formula is C30H44O3. The zero-order valence-corrected chi connectivity index (χ0v) is 21.1. The third-order valence-electron chi connectivity index (χ3n) is 6.86. The second kappa shape index (κ2) is 14.4. The lowest BCUT2D eigenvalue weighted by Crippen LogP contribution is -2.27. The monoisotopic (exact) mass is 452 g/mol. The van der Waals surface area contributed by atoms with Crippen molar-refractivity contribution in [3.63, 3.8) is 0 Å². The Morgan fingerprint density at radius 2 is 1.48 bits per heavy atom. The first-order valence-corrected chi connectivity index (χ1v) is 13.3. The third kappa shape index (κ3) is 8.79. The molecule has 0 bridgehead atoms. The molecule has 1 aliphatic heterocycles. The van der Waals surface area contributed by atoms with Crippen molar-refractivity contribution < 1.29 is 14.2 Å². The summed E-state index contributed by atoms with van der Waals surface area (Å²) in [6.45, 7) is 9.26. The summed E-state index contributed by atoms with van der Waals surface area (Å²) in [6.07, 6.45) is 11.1. The molecule has 3 heteroatoms. The Bertz CT molecular complexity index is 760. The van der Waals surface area contributed by atoms with Crippen LogP contribution in [-0.4, -0.2) is 19.8 Å². The SMILES string of the molecule is CCCCC[C@H]1CO[C@H](c2ccc(-c3ccc(OCCCCC[C@@H](C)CC)cc3)cc2)OC1. The molecule has 0 aromatic heterocycles. The highest BCUT2D eigenvalue weighted by Gasteiger charge is 2.23. The zero-order chi connectivity index (χ0) is 23.3. The van der Waals surface area contributed by atoms with Gasteiger partial charge >= 0.3 is 0 Å². The van der Waals surface area contributed by atoms with Gasteiger partial charge in [0.15, 0.2) is 6.29 Å². The Kier molecular flexibility index (Phi) is 11.3. The van der Waals surface area contributed by atoms with E-state index in [1.54, 1.807) is 0 Å². The molecule has 1 heterocycles. The van der Waals surface area contributed by atoms with Crippen LogP contribution in [0.1, 0.15) is 90.4 Å². The van der Waals surface area contributed by atoms with Gasteiger partial charge in [0.25, 0.3) is 0 Å². The standard InChI is InChI=1S/C30H44O3/c1-4-6-8-12-25-22-32-30(33-23-25)28-15-13-26(14-16-28)27-17-19-29(20-18-27)31-21-10-7-9-11-24(3)5-2/h13-20,24-25,30H,4-12,21-23H2,1-3H3/t24-,25-,30-/m0/s1. The molecule has 3 nitrogen and oxygen atoms in total. The maximum absolute atomic E-state index is 6.01. The van der Waals surface area contributed by atoms with E-state index in [4.69, 9.17) is 14.2 Å². The molecule has 182 valence electrons. The topological polar surface area (TPSA) is 27.7 Å². The minimum Gasteiger partial charge on any atom is -0.494 e. The summed E-state index contributed by atoms with van der Waals surface area (Å²) in [5, 5.41) is 0. The van der Waals surface area contributed by atoms with Gasteiger partial charge in [0.2, 0.25) is 0 Å². The predicted octanol–water partition coefficient (Wildman–Crippen LogP) is 8.58. The fourth-order valence-electron chi connectivity index (χ4n) is 4.33. The van der Waals surface area contributed by atoms with E-state index in [2.05, 4.69) is 69.3 Å². The van der Waals surface area contributed by atoms with Gasteiger partial charge in [-0.05, 0) is 42.0 Å². The van der Waals surface area contributed by atoms with Gasteiger partial charge in [0.1, 0.15) is 5.75 Å². The molecule has 33 heavy (non-hydrogen) atoms. The van der Waals surface area contributed by atoms with E-state index >= 15 is 0 Å². The van der Waals surface area contributed by atoms with Gasteiger partial charge in [-0.3, -0.25) is 0 Å². The van der Waals surface area contributed by atoms with E-state index in [1.807, 2.05) is 0 Å². The van der Waals surface area contributed by atoms with Crippen molar-refractivity contribution in [1.29, 1.82) is 0 Å². The Hall–Kier alpha value is -1.84. The Morgan fingerprint density at radius 3 is 2.12 bits per heavy atom. The quantitative estimate of drug-likeness (QED) is 0.269. The van der Waals surface area contributed by atoms with Crippen LogP contribution in [0.2, 0.25) is 0 Å². The number of unbranched alkanes of at least 4 members (excludes halogenated alkanes) is 4. The normalized spacial score (nSPS) is 19.4. The molecule has 1 fully saturated rings. The molecule has 2 aromatic rings. The molecule has 0 amide bonds. The lowest BCUT2D eigenvalue weighted by Gasteiger charge is -2.29. The van der Waals surface area contributed by atoms with Crippen LogP contribution in [0.3, 0.4) is 0 Å². The summed E-state index contributed by atoms with van der Waals surface area (Å²) in [6, 6.07) is 17.0. The lowest BCUT2D eigenvalue weighted by atomic mass is 10.0. The highest BCUT2D eigenvalue weighted by molar-refractivity contribution is 5.64. The number of hydrogen-bond donors (Lipinski definition) is 0. The first-order chi connectivity index (χ1) is 16.2. The first kappa shape index (κ1) is 25.8. The van der Waals surface area contributed by atoms with E-state index in [9.17, 15) is 0 Å². The number of hydrogen-bond acceptors (Lipinski definition) is 3. The second-order valence-electron chi connectivity index (χ2n) is 9.72. The van der Waals surface area contributed by atoms with Crippen molar-refractivity contribution in [3.8, 4) is 16.9 Å². The van der Waals surface area contributed by atoms with Gasteiger partial charge in [0, 0.05) is 11.5 Å². The van der Waals surface area contributed by atoms with Gasteiger partial charge in [0.05, 0.1) is 19.8 Å². The van der Waals surface area contributed by atoms with E-state index in [0.717, 1.165) is 43.5 Å². The van der Waals surface area contributed by atoms with Crippen LogP contribution in [0, 0.1) is 11.8 Å². The summed E-state index contributed by atoms with van der Waals surface area (Å²) in [4.78, 5) is 0. The summed E-state index contributed by atoms with van der Waals surface area (Å²) in [5.41, 5.74) is 3.49. The Labute approximate surface area is 201 Å². The highest BCUT2D eigenvalue weighted by atomic mass is 16.7. The molecule has 1 aliphatic rings. The third-order valence-corrected chi connectivity index (χ3v) is 6.86. The fraction of sp³-hybridized carbons (Fsp3) is 0.600. The van der Waals surface area contributed by atoms with Crippen LogP contribution in [0.4, 0.5) is 0 Å². The van der Waals surface area contributed by atoms with Crippen LogP contribution in [-0.2, 0) is 9.47 Å². The fourth-order valence-corrected chi connectivity index (χ4v) is 4.33. The summed E-state index contributed by atoms with van der Waals surface area (Å²) in [5.74, 6) is 2.34. The second-order valence-corrected chi connectivity index (χ2v) is 9.72. The van der Waals surface area contributed by atoms with Gasteiger partial charge < -0.3 is 14.2 Å². The van der Waals surface area contributed by atoms with Gasteiger partial charge in [-0.2, -0.15) is 0 Å². The molecule has 1 saturated heterocycles. The smallest absolute Gasteiger partial charge is 0.183 e. The Morgan fingerprint density at radius 1 is 0.818 bits per heavy atom. The molecule has 0 saturated carbocycles. The molecule has 0 radical (unpaired) electrons. The molecule has 3 rings (SSSR count). The average Bonchev–Trinajstić information content (AvgIpc) is 2.87. The van der Waals surface area contributed by atoms with Crippen molar-refractivity contribution in [2.75, 3.05) is 19.8 Å². The largest absolute Gasteiger partial charge is 0.494 e. The maximum Gasteiger partial charge on any atom is 0.183 e. The first-order valence-electron chi connectivity index (χ1n) is 13.3. The minimum atomic E-state index is -0.234. The molecule has 0 unspecified atom stereocenters. The van der Waals surface area contributed by atoms with Crippen molar-refractivity contribution in [1.82, 2.24) is 0 Å². The summed E-state index contributed by atoms with van der Waals surface area (Å²) < 4.78 is 18.0. The summed E-state index contributed by atoms with van der Waals surface area (Å²) >= 11 is 0. The number of benzene rings is 2. The number of ether oxygens (including phenoxy) is 3. The van der Waals surface area contributed by atoms with Crippen molar-refractivity contribution in [2.45, 2.75) is 84.8 Å². The summed E-state index contributed by atoms with van der Waals surface area (Å²) in [7, 11) is 0. The van der Waals surface area contributed by atoms with E-state index in [0.29, 0.717) is 5.92 Å². The lowest BCUT2D eigenvalue weighted by molar-refractivity contribution is -0.206. The van der Waals surface area contributed by atoms with Crippen LogP contribution < -0.4 is 4.74 Å². The molecule has 0 N–H and O–H groups in total. The van der Waals surface area contributed by atoms with Crippen LogP contribution in [0.15, 0.2) is 48.5 Å². The Balaban J connectivity index is 1.40. The van der Waals surface area contributed by atoms with Gasteiger partial charge in [-0.1, -0.05) is 102 Å². The molecule has 2 aromatic carbocycles. The van der Waals surface area contributed by atoms with E-state index in [1.165, 1.54) is 62.5 Å². The van der Waals surface area contributed by atoms with Crippen molar-refractivity contribution in [2.24, 2.45) is 11.8 Å². The highest BCUT2D eigenvalue weighted by Crippen LogP contribution is 2.29. The minimum absolute atomic E-state index is 0.234. The van der Waals surface area contributed by atoms with E-state index in [-0.39, 0.29) is 6.29 Å². The molecule has 0 aliphatic carbocycles. The zero-order valence-electron chi connectivity index (χ0n) is 21.1. The molecule has 1 atom stereocenters. The van der Waals surface area contributed by atoms with Gasteiger partial charge in [-0.25, -0.2) is 0 Å². The van der Waals surface area contributed by atoms with Crippen LogP contribution in [0.5, 0.6) is 5.75 Å². The van der Waals surface area contributed by atoms with Gasteiger partial charge in [-0.15, -0.1) is 0 Å². The maximum atomic E-state index is 6.01. The molecule has 0 spiro atoms. The van der Waals surface area contributed by atoms with Crippen LogP contribution in [0.25, 0.3) is 11.1 Å². The average molecular weight is 453 g/mol. The van der Waals surface area contributed by atoms with Crippen molar-refractivity contribution in [3.05, 3.63) is 54.1 Å². The van der Waals surface area contributed by atoms with Crippen LogP contribution >= 0.6 is 0 Å².